The standard InChI is InChI=1S/C10H22O4Si/c1-4-14-15(3,11-2)7-5-6-12-8-10-9-13-10/h10H,4-9H2,1-3H3. The zero-order valence-corrected chi connectivity index (χ0v) is 11.0. The summed E-state index contributed by atoms with van der Waals surface area (Å²) in [6, 6.07) is 0.989. The monoisotopic (exact) mass is 234 g/mol. The Bertz CT molecular complexity index is 175. The van der Waals surface area contributed by atoms with Crippen LogP contribution >= 0.6 is 0 Å². The lowest BCUT2D eigenvalue weighted by atomic mass is 10.5. The highest BCUT2D eigenvalue weighted by molar-refractivity contribution is 6.65. The predicted molar refractivity (Wildman–Crippen MR) is 60.2 cm³/mol. The number of epoxide rings is 1. The molecular formula is C10H22O4Si. The highest BCUT2D eigenvalue weighted by Crippen LogP contribution is 2.15. The maximum atomic E-state index is 5.66. The topological polar surface area (TPSA) is 40.2 Å². The lowest BCUT2D eigenvalue weighted by Gasteiger charge is -2.24. The molecular weight excluding hydrogens is 212 g/mol. The first kappa shape index (κ1) is 13.1. The summed E-state index contributed by atoms with van der Waals surface area (Å²) < 4.78 is 21.6. The third kappa shape index (κ3) is 5.63. The van der Waals surface area contributed by atoms with Crippen LogP contribution in [0.15, 0.2) is 0 Å². The second kappa shape index (κ2) is 6.60. The number of hydrogen-bond donors (Lipinski definition) is 0. The molecule has 0 amide bonds. The first-order valence-corrected chi connectivity index (χ1v) is 8.11. The van der Waals surface area contributed by atoms with Crippen LogP contribution in [0.5, 0.6) is 0 Å². The molecule has 1 rings (SSSR count). The van der Waals surface area contributed by atoms with Crippen LogP contribution in [0.4, 0.5) is 0 Å². The first-order valence-electron chi connectivity index (χ1n) is 5.58. The Morgan fingerprint density at radius 1 is 1.47 bits per heavy atom. The van der Waals surface area contributed by atoms with Crippen molar-refractivity contribution in [3.8, 4) is 0 Å². The minimum absolute atomic E-state index is 0.364. The summed E-state index contributed by atoms with van der Waals surface area (Å²) in [7, 11) is -0.159. The molecule has 0 bridgehead atoms. The van der Waals surface area contributed by atoms with Gasteiger partial charge in [-0.3, -0.25) is 0 Å². The number of hydrogen-bond acceptors (Lipinski definition) is 4. The Hall–Kier alpha value is 0.0569. The van der Waals surface area contributed by atoms with E-state index in [9.17, 15) is 0 Å². The van der Waals surface area contributed by atoms with E-state index in [1.165, 1.54) is 0 Å². The Balaban J connectivity index is 1.99. The Kier molecular flexibility index (Phi) is 5.77. The van der Waals surface area contributed by atoms with Crippen LogP contribution in [-0.2, 0) is 18.3 Å². The molecule has 0 aromatic carbocycles. The van der Waals surface area contributed by atoms with Gasteiger partial charge in [0.15, 0.2) is 0 Å². The number of ether oxygens (including phenoxy) is 2. The van der Waals surface area contributed by atoms with Gasteiger partial charge in [0.2, 0.25) is 0 Å². The van der Waals surface area contributed by atoms with Crippen LogP contribution in [0.25, 0.3) is 0 Å². The van der Waals surface area contributed by atoms with E-state index in [1.54, 1.807) is 7.11 Å². The molecule has 0 aromatic heterocycles. The van der Waals surface area contributed by atoms with Crippen molar-refractivity contribution in [2.75, 3.05) is 33.5 Å². The van der Waals surface area contributed by atoms with E-state index in [-0.39, 0.29) is 0 Å². The van der Waals surface area contributed by atoms with Crippen molar-refractivity contribution < 1.29 is 18.3 Å². The molecule has 5 heteroatoms. The van der Waals surface area contributed by atoms with Crippen molar-refractivity contribution in [1.29, 1.82) is 0 Å². The van der Waals surface area contributed by atoms with Gasteiger partial charge in [0.05, 0.1) is 13.2 Å². The lowest BCUT2D eigenvalue weighted by Crippen LogP contribution is -2.37. The van der Waals surface area contributed by atoms with E-state index in [2.05, 4.69) is 6.55 Å². The largest absolute Gasteiger partial charge is 0.398 e. The summed E-state index contributed by atoms with van der Waals surface area (Å²) in [4.78, 5) is 0. The molecule has 0 aromatic rings. The third-order valence-electron chi connectivity index (χ3n) is 2.51. The van der Waals surface area contributed by atoms with Crippen LogP contribution in [0.2, 0.25) is 12.6 Å². The summed E-state index contributed by atoms with van der Waals surface area (Å²) in [5, 5.41) is 0. The van der Waals surface area contributed by atoms with Crippen LogP contribution in [0, 0.1) is 0 Å². The molecule has 2 atom stereocenters. The average Bonchev–Trinajstić information content (AvgIpc) is 3.02. The fourth-order valence-corrected chi connectivity index (χ4v) is 3.28. The van der Waals surface area contributed by atoms with E-state index < -0.39 is 8.56 Å². The third-order valence-corrected chi connectivity index (χ3v) is 5.53. The molecule has 1 saturated heterocycles. The molecule has 2 unspecified atom stereocenters. The van der Waals surface area contributed by atoms with Crippen molar-refractivity contribution in [3.63, 3.8) is 0 Å². The van der Waals surface area contributed by atoms with Gasteiger partial charge in [-0.1, -0.05) is 0 Å². The molecule has 1 aliphatic heterocycles. The predicted octanol–water partition coefficient (Wildman–Crippen LogP) is 1.55. The van der Waals surface area contributed by atoms with Gasteiger partial charge in [0, 0.05) is 20.3 Å². The van der Waals surface area contributed by atoms with Gasteiger partial charge in [-0.25, -0.2) is 0 Å². The van der Waals surface area contributed by atoms with E-state index in [0.717, 1.165) is 38.9 Å². The van der Waals surface area contributed by atoms with E-state index in [0.29, 0.717) is 6.10 Å². The molecule has 0 spiro atoms. The molecule has 4 nitrogen and oxygen atoms in total. The second-order valence-electron chi connectivity index (χ2n) is 3.90. The van der Waals surface area contributed by atoms with Gasteiger partial charge in [-0.05, 0) is 25.9 Å². The second-order valence-corrected chi connectivity index (χ2v) is 7.37. The maximum absolute atomic E-state index is 5.66. The van der Waals surface area contributed by atoms with E-state index in [4.69, 9.17) is 18.3 Å². The smallest absolute Gasteiger partial charge is 0.334 e. The zero-order valence-electron chi connectivity index (χ0n) is 9.95. The van der Waals surface area contributed by atoms with E-state index >= 15 is 0 Å². The van der Waals surface area contributed by atoms with Crippen LogP contribution in [-0.4, -0.2) is 48.2 Å². The van der Waals surface area contributed by atoms with Crippen molar-refractivity contribution in [3.05, 3.63) is 0 Å². The van der Waals surface area contributed by atoms with Crippen LogP contribution in [0.1, 0.15) is 13.3 Å². The molecule has 0 N–H and O–H groups in total. The van der Waals surface area contributed by atoms with Gasteiger partial charge in [0.1, 0.15) is 6.10 Å². The van der Waals surface area contributed by atoms with Crippen molar-refractivity contribution in [2.45, 2.75) is 32.0 Å². The Labute approximate surface area is 93.1 Å². The van der Waals surface area contributed by atoms with Crippen molar-refractivity contribution in [1.82, 2.24) is 0 Å². The summed E-state index contributed by atoms with van der Waals surface area (Å²) in [6.07, 6.45) is 1.37. The minimum atomic E-state index is -1.90. The molecule has 0 aliphatic carbocycles. The molecule has 15 heavy (non-hydrogen) atoms. The van der Waals surface area contributed by atoms with Crippen molar-refractivity contribution in [2.24, 2.45) is 0 Å². The molecule has 0 saturated carbocycles. The van der Waals surface area contributed by atoms with Crippen LogP contribution < -0.4 is 0 Å². The molecule has 1 fully saturated rings. The van der Waals surface area contributed by atoms with Crippen LogP contribution in [0.3, 0.4) is 0 Å². The fraction of sp³-hybridized carbons (Fsp3) is 1.00. The summed E-state index contributed by atoms with van der Waals surface area (Å²) >= 11 is 0. The lowest BCUT2D eigenvalue weighted by molar-refractivity contribution is 0.114. The summed E-state index contributed by atoms with van der Waals surface area (Å²) in [5.74, 6) is 0. The molecule has 1 aliphatic rings. The number of rotatable bonds is 9. The molecule has 1 heterocycles. The molecule has 90 valence electrons. The van der Waals surface area contributed by atoms with Gasteiger partial charge in [-0.2, -0.15) is 0 Å². The Morgan fingerprint density at radius 2 is 2.20 bits per heavy atom. The zero-order chi connectivity index (χ0) is 11.1. The maximum Gasteiger partial charge on any atom is 0.334 e. The first-order chi connectivity index (χ1) is 7.20. The normalized spacial score (nSPS) is 23.8. The van der Waals surface area contributed by atoms with Gasteiger partial charge < -0.3 is 18.3 Å². The highest BCUT2D eigenvalue weighted by Gasteiger charge is 2.29. The van der Waals surface area contributed by atoms with E-state index in [1.807, 2.05) is 6.92 Å². The average molecular weight is 234 g/mol. The van der Waals surface area contributed by atoms with Gasteiger partial charge in [-0.15, -0.1) is 0 Å². The van der Waals surface area contributed by atoms with Gasteiger partial charge in [0.25, 0.3) is 0 Å². The summed E-state index contributed by atoms with van der Waals surface area (Å²) in [6.45, 7) is 7.21. The highest BCUT2D eigenvalue weighted by atomic mass is 28.4. The SMILES string of the molecule is CCO[Si](C)(CCCOCC1CO1)OC. The minimum Gasteiger partial charge on any atom is -0.398 e. The molecule has 0 radical (unpaired) electrons. The van der Waals surface area contributed by atoms with Gasteiger partial charge >= 0.3 is 8.56 Å². The quantitative estimate of drug-likeness (QED) is 0.345. The fourth-order valence-electron chi connectivity index (χ4n) is 1.41. The van der Waals surface area contributed by atoms with Crippen molar-refractivity contribution >= 4 is 8.56 Å². The Morgan fingerprint density at radius 3 is 2.73 bits per heavy atom. The summed E-state index contributed by atoms with van der Waals surface area (Å²) in [5.41, 5.74) is 0.